The summed E-state index contributed by atoms with van der Waals surface area (Å²) in [5.74, 6) is 0.142. The number of H-pyrrole nitrogens is 1. The van der Waals surface area contributed by atoms with Crippen LogP contribution < -0.4 is 0 Å². The molecule has 1 atom stereocenters. The third kappa shape index (κ3) is 3.31. The number of amides is 1. The van der Waals surface area contributed by atoms with Gasteiger partial charge in [-0.05, 0) is 43.0 Å². The maximum atomic E-state index is 13.1. The van der Waals surface area contributed by atoms with Crippen LogP contribution in [0.1, 0.15) is 30.1 Å². The number of benzene rings is 1. The van der Waals surface area contributed by atoms with E-state index in [0.29, 0.717) is 0 Å². The van der Waals surface area contributed by atoms with Crippen molar-refractivity contribution >= 4 is 16.8 Å². The molecule has 0 radical (unpaired) electrons. The van der Waals surface area contributed by atoms with E-state index in [9.17, 15) is 4.79 Å². The molecule has 0 aliphatic carbocycles. The molecule has 1 amide bonds. The number of likely N-dealkylation sites (N-methyl/N-ethyl adjacent to an activating group) is 1. The Hall–Kier alpha value is -1.85. The molecule has 1 aromatic heterocycles. The average Bonchev–Trinajstić information content (AvgIpc) is 3.03. The van der Waals surface area contributed by atoms with E-state index in [1.807, 2.05) is 35.4 Å². The number of nitrogens with one attached hydrogen (secondary N) is 1. The second-order valence-corrected chi connectivity index (χ2v) is 7.53. The Morgan fingerprint density at radius 2 is 2.20 bits per heavy atom. The summed E-state index contributed by atoms with van der Waals surface area (Å²) in [6.45, 7) is 8.48. The smallest absolute Gasteiger partial charge is 0.253 e. The molecule has 0 bridgehead atoms. The Balaban J connectivity index is 1.54. The second kappa shape index (κ2) is 6.81. The zero-order valence-corrected chi connectivity index (χ0v) is 15.0. The Labute approximate surface area is 148 Å². The third-order valence-electron chi connectivity index (χ3n) is 5.72. The van der Waals surface area contributed by atoms with Crippen molar-refractivity contribution in [1.29, 1.82) is 0 Å². The van der Waals surface area contributed by atoms with Gasteiger partial charge in [-0.25, -0.2) is 0 Å². The molecular weight excluding hydrogens is 314 g/mol. The Kier molecular flexibility index (Phi) is 4.52. The molecule has 3 heterocycles. The van der Waals surface area contributed by atoms with Gasteiger partial charge in [0.15, 0.2) is 0 Å². The zero-order chi connectivity index (χ0) is 17.3. The molecule has 2 aliphatic rings. The molecule has 5 nitrogen and oxygen atoms in total. The van der Waals surface area contributed by atoms with Gasteiger partial charge in [0.05, 0.1) is 13.2 Å². The average molecular weight is 341 g/mol. The van der Waals surface area contributed by atoms with Gasteiger partial charge < -0.3 is 19.5 Å². The molecule has 25 heavy (non-hydrogen) atoms. The van der Waals surface area contributed by atoms with Crippen molar-refractivity contribution in [1.82, 2.24) is 14.8 Å². The molecule has 1 aromatic carbocycles. The van der Waals surface area contributed by atoms with Crippen molar-refractivity contribution in [2.45, 2.75) is 19.8 Å². The van der Waals surface area contributed by atoms with E-state index in [2.05, 4.69) is 16.8 Å². The van der Waals surface area contributed by atoms with Crippen LogP contribution in [0, 0.1) is 5.41 Å². The zero-order valence-electron chi connectivity index (χ0n) is 15.0. The third-order valence-corrected chi connectivity index (χ3v) is 5.72. The fraction of sp³-hybridized carbons (Fsp3) is 0.550. The van der Waals surface area contributed by atoms with E-state index in [4.69, 9.17) is 4.74 Å². The van der Waals surface area contributed by atoms with Crippen LogP contribution in [-0.4, -0.2) is 66.6 Å². The minimum atomic E-state index is 0.0803. The van der Waals surface area contributed by atoms with Crippen LogP contribution in [0.5, 0.6) is 0 Å². The topological polar surface area (TPSA) is 48.6 Å². The van der Waals surface area contributed by atoms with Gasteiger partial charge in [-0.2, -0.15) is 0 Å². The first-order valence-electron chi connectivity index (χ1n) is 9.36. The molecular formula is C20H27N3O2. The maximum absolute atomic E-state index is 13.1. The lowest BCUT2D eigenvalue weighted by atomic mass is 9.80. The summed E-state index contributed by atoms with van der Waals surface area (Å²) in [5, 5.41) is 1.14. The number of hydrogen-bond donors (Lipinski definition) is 1. The summed E-state index contributed by atoms with van der Waals surface area (Å²) in [6.07, 6.45) is 4.11. The standard InChI is InChI=1S/C20H27N3O2/c1-2-22-10-11-25-15-20(13-22)7-3-9-23(14-20)19(24)17-5-4-16-6-8-21-18(16)12-17/h4-6,8,12,21H,2-3,7,9-11,13-15H2,1H3/t20-/m0/s1. The minimum absolute atomic E-state index is 0.0803. The number of likely N-dealkylation sites (tertiary alicyclic amines) is 1. The Morgan fingerprint density at radius 1 is 1.28 bits per heavy atom. The summed E-state index contributed by atoms with van der Waals surface area (Å²) in [6, 6.07) is 7.97. The normalized spacial score (nSPS) is 25.4. The number of carbonyl (C=O) groups is 1. The Bertz CT molecular complexity index is 756. The lowest BCUT2D eigenvalue weighted by Gasteiger charge is -2.43. The highest BCUT2D eigenvalue weighted by molar-refractivity contribution is 5.98. The molecule has 0 unspecified atom stereocenters. The minimum Gasteiger partial charge on any atom is -0.379 e. The second-order valence-electron chi connectivity index (χ2n) is 7.53. The van der Waals surface area contributed by atoms with Gasteiger partial charge in [0.25, 0.3) is 5.91 Å². The van der Waals surface area contributed by atoms with Gasteiger partial charge in [-0.1, -0.05) is 13.0 Å². The van der Waals surface area contributed by atoms with Gasteiger partial charge in [0.1, 0.15) is 0 Å². The Morgan fingerprint density at radius 3 is 3.08 bits per heavy atom. The number of rotatable bonds is 2. The van der Waals surface area contributed by atoms with Crippen molar-refractivity contribution < 1.29 is 9.53 Å². The number of aromatic amines is 1. The van der Waals surface area contributed by atoms with Crippen LogP contribution >= 0.6 is 0 Å². The molecule has 2 fully saturated rings. The fourth-order valence-corrected chi connectivity index (χ4v) is 4.34. The van der Waals surface area contributed by atoms with Crippen LogP contribution in [0.2, 0.25) is 0 Å². The predicted molar refractivity (Wildman–Crippen MR) is 98.8 cm³/mol. The SMILES string of the molecule is CCN1CCOC[C@@]2(CCCN(C(=O)c3ccc4cc[nH]c4c3)C2)C1. The summed E-state index contributed by atoms with van der Waals surface area (Å²) in [5.41, 5.74) is 1.87. The van der Waals surface area contributed by atoms with E-state index < -0.39 is 0 Å². The molecule has 2 saturated heterocycles. The van der Waals surface area contributed by atoms with Crippen LogP contribution in [0.15, 0.2) is 30.5 Å². The molecule has 0 saturated carbocycles. The van der Waals surface area contributed by atoms with E-state index in [1.165, 1.54) is 0 Å². The molecule has 1 spiro atoms. The number of ether oxygens (including phenoxy) is 1. The first-order valence-corrected chi connectivity index (χ1v) is 9.36. The molecule has 2 aromatic rings. The summed E-state index contributed by atoms with van der Waals surface area (Å²) in [7, 11) is 0. The number of hydrogen-bond acceptors (Lipinski definition) is 3. The molecule has 2 aliphatic heterocycles. The fourth-order valence-electron chi connectivity index (χ4n) is 4.34. The van der Waals surface area contributed by atoms with Gasteiger partial charge in [-0.15, -0.1) is 0 Å². The van der Waals surface area contributed by atoms with Crippen molar-refractivity contribution in [2.75, 3.05) is 45.9 Å². The van der Waals surface area contributed by atoms with E-state index >= 15 is 0 Å². The lowest BCUT2D eigenvalue weighted by Crippen LogP contribution is -2.52. The van der Waals surface area contributed by atoms with Crippen molar-refractivity contribution in [2.24, 2.45) is 5.41 Å². The number of fused-ring (bicyclic) bond motifs is 1. The maximum Gasteiger partial charge on any atom is 0.253 e. The molecule has 4 rings (SSSR count). The number of nitrogens with zero attached hydrogens (tertiary/aromatic N) is 2. The summed E-state index contributed by atoms with van der Waals surface area (Å²) in [4.78, 5) is 20.8. The largest absolute Gasteiger partial charge is 0.379 e. The van der Waals surface area contributed by atoms with E-state index in [1.54, 1.807) is 0 Å². The van der Waals surface area contributed by atoms with E-state index in [0.717, 1.165) is 75.2 Å². The summed E-state index contributed by atoms with van der Waals surface area (Å²) >= 11 is 0. The van der Waals surface area contributed by atoms with E-state index in [-0.39, 0.29) is 11.3 Å². The van der Waals surface area contributed by atoms with Crippen molar-refractivity contribution in [3.8, 4) is 0 Å². The van der Waals surface area contributed by atoms with Crippen LogP contribution in [0.4, 0.5) is 0 Å². The monoisotopic (exact) mass is 341 g/mol. The van der Waals surface area contributed by atoms with Gasteiger partial charge >= 0.3 is 0 Å². The highest BCUT2D eigenvalue weighted by Crippen LogP contribution is 2.33. The van der Waals surface area contributed by atoms with Crippen molar-refractivity contribution in [3.63, 3.8) is 0 Å². The first-order chi connectivity index (χ1) is 12.2. The van der Waals surface area contributed by atoms with Crippen LogP contribution in [0.25, 0.3) is 10.9 Å². The van der Waals surface area contributed by atoms with Gasteiger partial charge in [0, 0.05) is 48.9 Å². The predicted octanol–water partition coefficient (Wildman–Crippen LogP) is 2.74. The molecule has 134 valence electrons. The highest BCUT2D eigenvalue weighted by atomic mass is 16.5. The lowest BCUT2D eigenvalue weighted by molar-refractivity contribution is 0.00767. The molecule has 1 N–H and O–H groups in total. The number of aromatic nitrogens is 1. The van der Waals surface area contributed by atoms with Gasteiger partial charge in [0.2, 0.25) is 0 Å². The van der Waals surface area contributed by atoms with Crippen LogP contribution in [0.3, 0.4) is 0 Å². The number of piperidine rings is 1. The quantitative estimate of drug-likeness (QED) is 0.914. The molecule has 5 heteroatoms. The van der Waals surface area contributed by atoms with Crippen LogP contribution in [-0.2, 0) is 4.74 Å². The highest BCUT2D eigenvalue weighted by Gasteiger charge is 2.40. The summed E-state index contributed by atoms with van der Waals surface area (Å²) < 4.78 is 5.92. The number of carbonyl (C=O) groups excluding carboxylic acids is 1. The van der Waals surface area contributed by atoms with Crippen molar-refractivity contribution in [3.05, 3.63) is 36.0 Å². The first kappa shape index (κ1) is 16.6. The van der Waals surface area contributed by atoms with Gasteiger partial charge in [-0.3, -0.25) is 4.79 Å².